The number of rotatable bonds is 3. The molecule has 3 heterocycles. The van der Waals surface area contributed by atoms with E-state index < -0.39 is 0 Å². The number of aryl methyl sites for hydroxylation is 1. The zero-order valence-corrected chi connectivity index (χ0v) is 12.1. The molecule has 0 radical (unpaired) electrons. The zero-order chi connectivity index (χ0) is 12.7. The van der Waals surface area contributed by atoms with Gasteiger partial charge in [0, 0.05) is 29.2 Å². The van der Waals surface area contributed by atoms with Crippen LogP contribution in [0.15, 0.2) is 6.20 Å². The number of nitrogens with zero attached hydrogens (tertiary/aromatic N) is 2. The molecule has 3 nitrogen and oxygen atoms in total. The molecule has 2 N–H and O–H groups in total. The lowest BCUT2D eigenvalue weighted by molar-refractivity contribution is 0.0852. The van der Waals surface area contributed by atoms with Crippen molar-refractivity contribution in [3.63, 3.8) is 0 Å². The molecule has 100 valence electrons. The van der Waals surface area contributed by atoms with Gasteiger partial charge in [-0.1, -0.05) is 6.92 Å². The summed E-state index contributed by atoms with van der Waals surface area (Å²) in [5, 5.41) is 1.29. The van der Waals surface area contributed by atoms with Crippen molar-refractivity contribution in [1.29, 1.82) is 0 Å². The van der Waals surface area contributed by atoms with Crippen LogP contribution >= 0.6 is 11.3 Å². The molecule has 3 atom stereocenters. The summed E-state index contributed by atoms with van der Waals surface area (Å²) in [5.41, 5.74) is 6.14. The average molecular weight is 265 g/mol. The standard InChI is InChI=1S/C14H23N3S/c1-3-13-8-16-14(18-13)9(2)17-11-4-5-12(17)7-10(15)6-11/h8-12H,3-7,15H2,1-2H3. The minimum atomic E-state index is 0.424. The second kappa shape index (κ2) is 4.91. The number of hydrogen-bond donors (Lipinski definition) is 1. The summed E-state index contributed by atoms with van der Waals surface area (Å²) in [5.74, 6) is 0. The number of nitrogens with two attached hydrogens (primary N) is 1. The Balaban J connectivity index is 1.78. The molecule has 0 amide bonds. The van der Waals surface area contributed by atoms with Gasteiger partial charge in [-0.25, -0.2) is 4.98 Å². The van der Waals surface area contributed by atoms with Gasteiger partial charge in [-0.3, -0.25) is 4.90 Å². The van der Waals surface area contributed by atoms with Gasteiger partial charge in [-0.2, -0.15) is 0 Å². The van der Waals surface area contributed by atoms with E-state index in [2.05, 4.69) is 23.7 Å². The third-order valence-corrected chi connectivity index (χ3v) is 5.86. The van der Waals surface area contributed by atoms with E-state index in [1.807, 2.05) is 17.5 Å². The van der Waals surface area contributed by atoms with Crippen molar-refractivity contribution in [1.82, 2.24) is 9.88 Å². The highest BCUT2D eigenvalue weighted by Gasteiger charge is 2.42. The van der Waals surface area contributed by atoms with Gasteiger partial charge in [-0.15, -0.1) is 11.3 Å². The van der Waals surface area contributed by atoms with Gasteiger partial charge < -0.3 is 5.73 Å². The SMILES string of the molecule is CCc1cnc(C(C)N2C3CCC2CC(N)C3)s1. The van der Waals surface area contributed by atoms with Crippen molar-refractivity contribution >= 4 is 11.3 Å². The first-order valence-corrected chi connectivity index (χ1v) is 7.98. The van der Waals surface area contributed by atoms with E-state index in [-0.39, 0.29) is 0 Å². The van der Waals surface area contributed by atoms with Crippen LogP contribution in [0.5, 0.6) is 0 Å². The first-order valence-electron chi connectivity index (χ1n) is 7.16. The highest BCUT2D eigenvalue weighted by Crippen LogP contribution is 2.41. The number of hydrogen-bond acceptors (Lipinski definition) is 4. The topological polar surface area (TPSA) is 42.2 Å². The maximum atomic E-state index is 6.14. The molecular formula is C14H23N3S. The number of thiazole rings is 1. The molecule has 2 saturated heterocycles. The Morgan fingerprint density at radius 2 is 2.11 bits per heavy atom. The lowest BCUT2D eigenvalue weighted by atomic mass is 9.96. The fourth-order valence-electron chi connectivity index (χ4n) is 3.69. The van der Waals surface area contributed by atoms with Crippen LogP contribution in [0.4, 0.5) is 0 Å². The smallest absolute Gasteiger partial charge is 0.110 e. The predicted octanol–water partition coefficient (Wildman–Crippen LogP) is 2.72. The van der Waals surface area contributed by atoms with Crippen LogP contribution in [0.3, 0.4) is 0 Å². The summed E-state index contributed by atoms with van der Waals surface area (Å²) in [6.45, 7) is 4.52. The molecular weight excluding hydrogens is 242 g/mol. The minimum absolute atomic E-state index is 0.424. The second-order valence-electron chi connectivity index (χ2n) is 5.76. The number of fused-ring (bicyclic) bond motifs is 2. The quantitative estimate of drug-likeness (QED) is 0.913. The molecule has 4 heteroatoms. The highest BCUT2D eigenvalue weighted by molar-refractivity contribution is 7.11. The zero-order valence-electron chi connectivity index (χ0n) is 11.3. The lowest BCUT2D eigenvalue weighted by Gasteiger charge is -2.40. The first-order chi connectivity index (χ1) is 8.69. The molecule has 0 saturated carbocycles. The Morgan fingerprint density at radius 3 is 2.67 bits per heavy atom. The molecule has 0 aromatic carbocycles. The van der Waals surface area contributed by atoms with Crippen LogP contribution < -0.4 is 5.73 Å². The van der Waals surface area contributed by atoms with E-state index in [9.17, 15) is 0 Å². The van der Waals surface area contributed by atoms with Gasteiger partial charge in [0.1, 0.15) is 5.01 Å². The molecule has 0 aliphatic carbocycles. The second-order valence-corrected chi connectivity index (χ2v) is 6.90. The summed E-state index contributed by atoms with van der Waals surface area (Å²) < 4.78 is 0. The maximum absolute atomic E-state index is 6.14. The maximum Gasteiger partial charge on any atom is 0.110 e. The Morgan fingerprint density at radius 1 is 1.44 bits per heavy atom. The molecule has 1 aromatic rings. The van der Waals surface area contributed by atoms with E-state index in [0.717, 1.165) is 6.42 Å². The minimum Gasteiger partial charge on any atom is -0.328 e. The Kier molecular flexibility index (Phi) is 3.43. The molecule has 2 aliphatic heterocycles. The van der Waals surface area contributed by atoms with Crippen molar-refractivity contribution < 1.29 is 0 Å². The molecule has 0 spiro atoms. The van der Waals surface area contributed by atoms with Gasteiger partial charge in [0.2, 0.25) is 0 Å². The molecule has 3 unspecified atom stereocenters. The molecule has 3 rings (SSSR count). The largest absolute Gasteiger partial charge is 0.328 e. The third-order valence-electron chi connectivity index (χ3n) is 4.55. The summed E-state index contributed by atoms with van der Waals surface area (Å²) >= 11 is 1.88. The van der Waals surface area contributed by atoms with Crippen LogP contribution in [0.1, 0.15) is 55.5 Å². The summed E-state index contributed by atoms with van der Waals surface area (Å²) in [4.78, 5) is 8.72. The highest BCUT2D eigenvalue weighted by atomic mass is 32.1. The summed E-state index contributed by atoms with van der Waals surface area (Å²) in [6.07, 6.45) is 8.15. The molecule has 18 heavy (non-hydrogen) atoms. The predicted molar refractivity (Wildman–Crippen MR) is 75.8 cm³/mol. The van der Waals surface area contributed by atoms with E-state index in [1.54, 1.807) is 0 Å². The third kappa shape index (κ3) is 2.10. The van der Waals surface area contributed by atoms with Crippen molar-refractivity contribution in [2.45, 2.75) is 70.1 Å². The van der Waals surface area contributed by atoms with Crippen LogP contribution in [-0.2, 0) is 6.42 Å². The van der Waals surface area contributed by atoms with Gasteiger partial charge in [0.25, 0.3) is 0 Å². The van der Waals surface area contributed by atoms with Crippen LogP contribution in [0.2, 0.25) is 0 Å². The molecule has 2 aliphatic rings. The lowest BCUT2D eigenvalue weighted by Crippen LogP contribution is -2.48. The van der Waals surface area contributed by atoms with Crippen molar-refractivity contribution in [2.24, 2.45) is 5.73 Å². The van der Waals surface area contributed by atoms with Crippen LogP contribution in [0, 0.1) is 0 Å². The van der Waals surface area contributed by atoms with E-state index >= 15 is 0 Å². The first kappa shape index (κ1) is 12.6. The normalized spacial score (nSPS) is 33.8. The fraction of sp³-hybridized carbons (Fsp3) is 0.786. The van der Waals surface area contributed by atoms with Crippen molar-refractivity contribution in [2.75, 3.05) is 0 Å². The Labute approximate surface area is 113 Å². The number of piperidine rings is 1. The Bertz CT molecular complexity index is 403. The van der Waals surface area contributed by atoms with E-state index in [0.29, 0.717) is 24.2 Å². The fourth-order valence-corrected chi connectivity index (χ4v) is 4.61. The van der Waals surface area contributed by atoms with Crippen LogP contribution in [-0.4, -0.2) is 28.0 Å². The van der Waals surface area contributed by atoms with Crippen molar-refractivity contribution in [3.05, 3.63) is 16.1 Å². The average Bonchev–Trinajstić information content (AvgIpc) is 2.92. The monoisotopic (exact) mass is 265 g/mol. The molecule has 2 bridgehead atoms. The van der Waals surface area contributed by atoms with Gasteiger partial charge >= 0.3 is 0 Å². The van der Waals surface area contributed by atoms with Gasteiger partial charge in [-0.05, 0) is 39.0 Å². The summed E-state index contributed by atoms with van der Waals surface area (Å²) in [7, 11) is 0. The molecule has 2 fully saturated rings. The van der Waals surface area contributed by atoms with Crippen molar-refractivity contribution in [3.8, 4) is 0 Å². The molecule has 1 aromatic heterocycles. The summed E-state index contributed by atoms with van der Waals surface area (Å²) in [6, 6.07) is 2.29. The van der Waals surface area contributed by atoms with E-state index in [4.69, 9.17) is 5.73 Å². The van der Waals surface area contributed by atoms with Gasteiger partial charge in [0.05, 0.1) is 6.04 Å². The van der Waals surface area contributed by atoms with Gasteiger partial charge in [0.15, 0.2) is 0 Å². The number of aromatic nitrogens is 1. The Hall–Kier alpha value is -0.450. The van der Waals surface area contributed by atoms with Crippen LogP contribution in [0.25, 0.3) is 0 Å². The van der Waals surface area contributed by atoms with E-state index in [1.165, 1.54) is 35.6 Å².